The molecule has 0 atom stereocenters. The Kier molecular flexibility index (Phi) is 4.13. The molecule has 0 amide bonds. The Balaban J connectivity index is 2.27. The summed E-state index contributed by atoms with van der Waals surface area (Å²) >= 11 is 0. The summed E-state index contributed by atoms with van der Waals surface area (Å²) in [5, 5.41) is 8.50. The van der Waals surface area contributed by atoms with Gasteiger partial charge in [-0.2, -0.15) is 0 Å². The van der Waals surface area contributed by atoms with Gasteiger partial charge in [-0.05, 0) is 17.7 Å². The summed E-state index contributed by atoms with van der Waals surface area (Å²) < 4.78 is 15.1. The molecule has 1 aromatic carbocycles. The number of aromatic nitrogens is 2. The zero-order valence-electron chi connectivity index (χ0n) is 10.7. The number of nitrogens with one attached hydrogen (secondary N) is 1. The molecular weight excluding hydrogens is 279 g/mol. The van der Waals surface area contributed by atoms with Gasteiger partial charge in [0, 0.05) is 23.9 Å². The standard InChI is InChI=1S/C14H11FN2O4/c15-11-7-9(2-4-13(19)20)1-3-10(11)8-17-6-5-12(18)16-14(17)21/h1-7H,8H2,(H,19,20)(H,16,18,21). The maximum absolute atomic E-state index is 13.9. The van der Waals surface area contributed by atoms with E-state index in [1.807, 2.05) is 0 Å². The van der Waals surface area contributed by atoms with Gasteiger partial charge in [0.25, 0.3) is 5.56 Å². The number of hydrogen-bond acceptors (Lipinski definition) is 3. The first kappa shape index (κ1) is 14.4. The fourth-order valence-corrected chi connectivity index (χ4v) is 1.72. The van der Waals surface area contributed by atoms with E-state index in [4.69, 9.17) is 5.11 Å². The molecule has 0 saturated carbocycles. The molecule has 0 unspecified atom stereocenters. The molecule has 6 nitrogen and oxygen atoms in total. The van der Waals surface area contributed by atoms with Crippen molar-refractivity contribution in [1.82, 2.24) is 9.55 Å². The van der Waals surface area contributed by atoms with Crippen molar-refractivity contribution in [3.63, 3.8) is 0 Å². The Morgan fingerprint density at radius 3 is 2.71 bits per heavy atom. The number of rotatable bonds is 4. The van der Waals surface area contributed by atoms with Crippen LogP contribution >= 0.6 is 0 Å². The number of nitrogens with zero attached hydrogens (tertiary/aromatic N) is 1. The molecule has 0 aliphatic carbocycles. The highest BCUT2D eigenvalue weighted by Crippen LogP contribution is 2.12. The third-order valence-electron chi connectivity index (χ3n) is 2.73. The van der Waals surface area contributed by atoms with Crippen LogP contribution in [-0.4, -0.2) is 20.6 Å². The van der Waals surface area contributed by atoms with E-state index in [1.54, 1.807) is 0 Å². The van der Waals surface area contributed by atoms with Gasteiger partial charge in [-0.25, -0.2) is 14.0 Å². The van der Waals surface area contributed by atoms with E-state index >= 15 is 0 Å². The Hall–Kier alpha value is -2.96. The summed E-state index contributed by atoms with van der Waals surface area (Å²) in [6, 6.07) is 5.33. The molecule has 0 bridgehead atoms. The van der Waals surface area contributed by atoms with Crippen molar-refractivity contribution < 1.29 is 14.3 Å². The number of benzene rings is 1. The number of halogens is 1. The quantitative estimate of drug-likeness (QED) is 0.815. The van der Waals surface area contributed by atoms with Crippen molar-refractivity contribution in [2.45, 2.75) is 6.54 Å². The molecule has 2 N–H and O–H groups in total. The SMILES string of the molecule is O=C(O)C=Cc1ccc(Cn2ccc(=O)[nH]c2=O)c(F)c1. The van der Waals surface area contributed by atoms with Crippen molar-refractivity contribution in [1.29, 1.82) is 0 Å². The largest absolute Gasteiger partial charge is 0.478 e. The first-order valence-electron chi connectivity index (χ1n) is 5.95. The van der Waals surface area contributed by atoms with Gasteiger partial charge in [-0.3, -0.25) is 14.3 Å². The maximum atomic E-state index is 13.9. The fraction of sp³-hybridized carbons (Fsp3) is 0.0714. The number of H-pyrrole nitrogens is 1. The molecule has 0 fully saturated rings. The molecule has 0 radical (unpaired) electrons. The summed E-state index contributed by atoms with van der Waals surface area (Å²) in [5.74, 6) is -1.69. The predicted octanol–water partition coefficient (Wildman–Crippen LogP) is 0.822. The van der Waals surface area contributed by atoms with Crippen LogP contribution in [0.25, 0.3) is 6.08 Å². The summed E-state index contributed by atoms with van der Waals surface area (Å²) in [4.78, 5) is 34.9. The molecule has 0 spiro atoms. The number of carboxylic acid groups (broad SMARTS) is 1. The van der Waals surface area contributed by atoms with Crippen LogP contribution in [0.4, 0.5) is 4.39 Å². The fourth-order valence-electron chi connectivity index (χ4n) is 1.72. The molecular formula is C14H11FN2O4. The molecule has 108 valence electrons. The van der Waals surface area contributed by atoms with Crippen LogP contribution in [0.2, 0.25) is 0 Å². The van der Waals surface area contributed by atoms with Crippen LogP contribution in [0.1, 0.15) is 11.1 Å². The molecule has 2 aromatic rings. The van der Waals surface area contributed by atoms with E-state index in [1.165, 1.54) is 36.5 Å². The Labute approximate surface area is 117 Å². The summed E-state index contributed by atoms with van der Waals surface area (Å²) in [5.41, 5.74) is -0.508. The van der Waals surface area contributed by atoms with Crippen molar-refractivity contribution in [2.75, 3.05) is 0 Å². The van der Waals surface area contributed by atoms with Crippen LogP contribution in [0.3, 0.4) is 0 Å². The minimum Gasteiger partial charge on any atom is -0.478 e. The van der Waals surface area contributed by atoms with Gasteiger partial charge in [0.05, 0.1) is 6.54 Å². The summed E-state index contributed by atoms with van der Waals surface area (Å²) in [7, 11) is 0. The van der Waals surface area contributed by atoms with E-state index in [2.05, 4.69) is 4.98 Å². The van der Waals surface area contributed by atoms with Gasteiger partial charge < -0.3 is 5.11 Å². The van der Waals surface area contributed by atoms with Crippen LogP contribution < -0.4 is 11.2 Å². The van der Waals surface area contributed by atoms with Crippen molar-refractivity contribution in [3.05, 3.63) is 74.3 Å². The molecule has 1 heterocycles. The van der Waals surface area contributed by atoms with Crippen LogP contribution in [-0.2, 0) is 11.3 Å². The highest BCUT2D eigenvalue weighted by atomic mass is 19.1. The van der Waals surface area contributed by atoms with Gasteiger partial charge in [-0.15, -0.1) is 0 Å². The van der Waals surface area contributed by atoms with E-state index < -0.39 is 23.0 Å². The molecule has 1 aromatic heterocycles. The minimum atomic E-state index is -1.13. The molecule has 2 rings (SSSR count). The van der Waals surface area contributed by atoms with Gasteiger partial charge >= 0.3 is 11.7 Å². The number of aliphatic carboxylic acids is 1. The molecule has 7 heteroatoms. The second-order valence-corrected chi connectivity index (χ2v) is 4.26. The average Bonchev–Trinajstić information content (AvgIpc) is 2.42. The van der Waals surface area contributed by atoms with Crippen LogP contribution in [0.5, 0.6) is 0 Å². The van der Waals surface area contributed by atoms with Crippen molar-refractivity contribution >= 4 is 12.0 Å². The number of carboxylic acids is 1. The lowest BCUT2D eigenvalue weighted by molar-refractivity contribution is -0.131. The van der Waals surface area contributed by atoms with E-state index in [0.29, 0.717) is 5.56 Å². The van der Waals surface area contributed by atoms with Gasteiger partial charge in [0.2, 0.25) is 0 Å². The first-order valence-corrected chi connectivity index (χ1v) is 5.95. The van der Waals surface area contributed by atoms with Gasteiger partial charge in [0.1, 0.15) is 5.82 Å². The second-order valence-electron chi connectivity index (χ2n) is 4.26. The minimum absolute atomic E-state index is 0.0373. The molecule has 0 aliphatic heterocycles. The topological polar surface area (TPSA) is 92.2 Å². The van der Waals surface area contributed by atoms with Gasteiger partial charge in [0.15, 0.2) is 0 Å². The van der Waals surface area contributed by atoms with Gasteiger partial charge in [-0.1, -0.05) is 12.1 Å². The zero-order chi connectivity index (χ0) is 15.4. The van der Waals surface area contributed by atoms with E-state index in [-0.39, 0.29) is 12.1 Å². The normalized spacial score (nSPS) is 10.9. The monoisotopic (exact) mass is 290 g/mol. The lowest BCUT2D eigenvalue weighted by atomic mass is 10.1. The molecule has 21 heavy (non-hydrogen) atoms. The van der Waals surface area contributed by atoms with E-state index in [0.717, 1.165) is 10.6 Å². The lowest BCUT2D eigenvalue weighted by Crippen LogP contribution is -2.29. The summed E-state index contributed by atoms with van der Waals surface area (Å²) in [6.07, 6.45) is 3.45. The Morgan fingerprint density at radius 1 is 1.33 bits per heavy atom. The van der Waals surface area contributed by atoms with Crippen molar-refractivity contribution in [2.24, 2.45) is 0 Å². The number of aromatic amines is 1. The Bertz CT molecular complexity index is 820. The highest BCUT2D eigenvalue weighted by Gasteiger charge is 2.05. The number of carbonyl (C=O) groups is 1. The third-order valence-corrected chi connectivity index (χ3v) is 2.73. The summed E-state index contributed by atoms with van der Waals surface area (Å²) in [6.45, 7) is -0.0373. The van der Waals surface area contributed by atoms with Crippen LogP contribution in [0.15, 0.2) is 46.1 Å². The molecule has 0 aliphatic rings. The predicted molar refractivity (Wildman–Crippen MR) is 73.5 cm³/mol. The Morgan fingerprint density at radius 2 is 2.10 bits per heavy atom. The highest BCUT2D eigenvalue weighted by molar-refractivity contribution is 5.85. The lowest BCUT2D eigenvalue weighted by Gasteiger charge is -2.06. The zero-order valence-corrected chi connectivity index (χ0v) is 10.7. The molecule has 0 saturated heterocycles. The third kappa shape index (κ3) is 3.75. The average molecular weight is 290 g/mol. The van der Waals surface area contributed by atoms with E-state index in [9.17, 15) is 18.8 Å². The van der Waals surface area contributed by atoms with Crippen LogP contribution in [0, 0.1) is 5.82 Å². The number of hydrogen-bond donors (Lipinski definition) is 2. The first-order chi connectivity index (χ1) is 9.95. The van der Waals surface area contributed by atoms with Crippen molar-refractivity contribution in [3.8, 4) is 0 Å². The smallest absolute Gasteiger partial charge is 0.328 e. The maximum Gasteiger partial charge on any atom is 0.328 e. The second kappa shape index (κ2) is 6.00.